The largest absolute Gasteiger partial charge is 0.336 e. The highest BCUT2D eigenvalue weighted by atomic mass is 35.5. The van der Waals surface area contributed by atoms with Gasteiger partial charge in [-0.25, -0.2) is 4.68 Å². The Morgan fingerprint density at radius 1 is 1.11 bits per heavy atom. The first kappa shape index (κ1) is 18.7. The van der Waals surface area contributed by atoms with Crippen LogP contribution in [0, 0.1) is 6.92 Å². The summed E-state index contributed by atoms with van der Waals surface area (Å²) in [5.74, 6) is 0.0364. The van der Waals surface area contributed by atoms with E-state index in [1.54, 1.807) is 10.9 Å². The van der Waals surface area contributed by atoms with E-state index in [1.165, 1.54) is 5.56 Å². The van der Waals surface area contributed by atoms with Crippen LogP contribution in [0.3, 0.4) is 0 Å². The van der Waals surface area contributed by atoms with E-state index in [2.05, 4.69) is 15.0 Å². The van der Waals surface area contributed by atoms with Crippen LogP contribution >= 0.6 is 11.6 Å². The summed E-state index contributed by atoms with van der Waals surface area (Å²) in [6, 6.07) is 11.5. The predicted octanol–water partition coefficient (Wildman–Crippen LogP) is 3.19. The van der Waals surface area contributed by atoms with Crippen molar-refractivity contribution in [3.8, 4) is 5.69 Å². The van der Waals surface area contributed by atoms with Gasteiger partial charge in [-0.3, -0.25) is 14.7 Å². The van der Waals surface area contributed by atoms with Crippen LogP contribution in [-0.4, -0.2) is 56.7 Å². The Hall–Kier alpha value is -2.70. The zero-order valence-corrected chi connectivity index (χ0v) is 16.5. The summed E-state index contributed by atoms with van der Waals surface area (Å²) in [7, 11) is 0. The number of aromatic nitrogens is 3. The third kappa shape index (κ3) is 3.93. The van der Waals surface area contributed by atoms with Crippen LogP contribution in [0.4, 0.5) is 0 Å². The maximum absolute atomic E-state index is 13.0. The van der Waals surface area contributed by atoms with Crippen molar-refractivity contribution < 1.29 is 4.79 Å². The quantitative estimate of drug-likeness (QED) is 0.680. The molecular weight excluding hydrogens is 374 g/mol. The lowest BCUT2D eigenvalue weighted by atomic mass is 10.2. The SMILES string of the molecule is Cc1c(C(=O)N2CCN(Cc3ccncc3)CC2)cnn1-c1cccc(Cl)c1. The van der Waals surface area contributed by atoms with Crippen LogP contribution in [0.1, 0.15) is 21.6 Å². The van der Waals surface area contributed by atoms with Gasteiger partial charge >= 0.3 is 0 Å². The van der Waals surface area contributed by atoms with E-state index in [0.29, 0.717) is 23.7 Å². The van der Waals surface area contributed by atoms with E-state index in [0.717, 1.165) is 31.0 Å². The molecule has 0 bridgehead atoms. The fourth-order valence-electron chi connectivity index (χ4n) is 3.51. The first-order chi connectivity index (χ1) is 13.6. The molecule has 1 aromatic carbocycles. The van der Waals surface area contributed by atoms with Gasteiger partial charge in [0.25, 0.3) is 5.91 Å². The Kier molecular flexibility index (Phi) is 5.41. The lowest BCUT2D eigenvalue weighted by Crippen LogP contribution is -2.48. The number of benzene rings is 1. The molecule has 0 saturated carbocycles. The van der Waals surface area contributed by atoms with E-state index >= 15 is 0 Å². The van der Waals surface area contributed by atoms with Crippen molar-refractivity contribution in [2.45, 2.75) is 13.5 Å². The van der Waals surface area contributed by atoms with Crippen molar-refractivity contribution in [1.29, 1.82) is 0 Å². The Labute approximate surface area is 169 Å². The summed E-state index contributed by atoms with van der Waals surface area (Å²) in [4.78, 5) is 21.3. The number of halogens is 1. The molecule has 0 atom stereocenters. The molecule has 1 amide bonds. The molecular formula is C21H22ClN5O. The third-order valence-electron chi connectivity index (χ3n) is 5.11. The summed E-state index contributed by atoms with van der Waals surface area (Å²) >= 11 is 6.09. The molecule has 0 unspecified atom stereocenters. The van der Waals surface area contributed by atoms with Gasteiger partial charge in [-0.05, 0) is 42.8 Å². The minimum absolute atomic E-state index is 0.0364. The molecule has 0 radical (unpaired) electrons. The first-order valence-electron chi connectivity index (χ1n) is 9.33. The molecule has 3 aromatic rings. The van der Waals surface area contributed by atoms with Gasteiger partial charge in [-0.1, -0.05) is 17.7 Å². The standard InChI is InChI=1S/C21H22ClN5O/c1-16-20(14-24-27(16)19-4-2-3-18(22)13-19)21(28)26-11-9-25(10-12-26)15-17-5-7-23-8-6-17/h2-8,13-14H,9-12,15H2,1H3. The molecule has 0 spiro atoms. The van der Waals surface area contributed by atoms with Crippen LogP contribution in [0.25, 0.3) is 5.69 Å². The molecule has 1 saturated heterocycles. The minimum Gasteiger partial charge on any atom is -0.336 e. The fraction of sp³-hybridized carbons (Fsp3) is 0.286. The smallest absolute Gasteiger partial charge is 0.257 e. The second kappa shape index (κ2) is 8.12. The average molecular weight is 396 g/mol. The van der Waals surface area contributed by atoms with E-state index in [1.807, 2.05) is 60.6 Å². The zero-order chi connectivity index (χ0) is 19.5. The molecule has 4 rings (SSSR count). The van der Waals surface area contributed by atoms with Gasteiger partial charge in [0, 0.05) is 50.1 Å². The van der Waals surface area contributed by atoms with Gasteiger partial charge in [0.05, 0.1) is 23.1 Å². The third-order valence-corrected chi connectivity index (χ3v) is 5.34. The normalized spacial score (nSPS) is 15.0. The van der Waals surface area contributed by atoms with Crippen molar-refractivity contribution in [3.63, 3.8) is 0 Å². The summed E-state index contributed by atoms with van der Waals surface area (Å²) in [6.07, 6.45) is 5.28. The number of nitrogens with zero attached hydrogens (tertiary/aromatic N) is 5. The fourth-order valence-corrected chi connectivity index (χ4v) is 3.70. The van der Waals surface area contributed by atoms with Crippen LogP contribution in [-0.2, 0) is 6.54 Å². The van der Waals surface area contributed by atoms with Crippen LogP contribution in [0.5, 0.6) is 0 Å². The monoisotopic (exact) mass is 395 g/mol. The number of hydrogen-bond donors (Lipinski definition) is 0. The second-order valence-electron chi connectivity index (χ2n) is 6.96. The molecule has 7 heteroatoms. The molecule has 2 aromatic heterocycles. The number of hydrogen-bond acceptors (Lipinski definition) is 4. The average Bonchev–Trinajstić information content (AvgIpc) is 3.10. The molecule has 1 aliphatic heterocycles. The van der Waals surface area contributed by atoms with Gasteiger partial charge in [-0.2, -0.15) is 5.10 Å². The Morgan fingerprint density at radius 3 is 2.57 bits per heavy atom. The van der Waals surface area contributed by atoms with Gasteiger partial charge in [0.1, 0.15) is 0 Å². The zero-order valence-electron chi connectivity index (χ0n) is 15.8. The molecule has 1 fully saturated rings. The lowest BCUT2D eigenvalue weighted by molar-refractivity contribution is 0.0627. The number of carbonyl (C=O) groups excluding carboxylic acids is 1. The number of carbonyl (C=O) groups is 1. The maximum Gasteiger partial charge on any atom is 0.257 e. The van der Waals surface area contributed by atoms with E-state index in [-0.39, 0.29) is 5.91 Å². The summed E-state index contributed by atoms with van der Waals surface area (Å²) < 4.78 is 1.76. The highest BCUT2D eigenvalue weighted by molar-refractivity contribution is 6.30. The van der Waals surface area contributed by atoms with Gasteiger partial charge in [-0.15, -0.1) is 0 Å². The molecule has 144 valence electrons. The van der Waals surface area contributed by atoms with E-state index in [4.69, 9.17) is 11.6 Å². The molecule has 1 aliphatic rings. The Morgan fingerprint density at radius 2 is 1.86 bits per heavy atom. The topological polar surface area (TPSA) is 54.3 Å². The highest BCUT2D eigenvalue weighted by Gasteiger charge is 2.25. The van der Waals surface area contributed by atoms with E-state index in [9.17, 15) is 4.79 Å². The van der Waals surface area contributed by atoms with Crippen molar-refractivity contribution in [1.82, 2.24) is 24.6 Å². The Bertz CT molecular complexity index is 964. The minimum atomic E-state index is 0.0364. The van der Waals surface area contributed by atoms with Crippen molar-refractivity contribution in [2.24, 2.45) is 0 Å². The van der Waals surface area contributed by atoms with Crippen molar-refractivity contribution >= 4 is 17.5 Å². The van der Waals surface area contributed by atoms with Gasteiger partial charge < -0.3 is 4.90 Å². The summed E-state index contributed by atoms with van der Waals surface area (Å²) in [5, 5.41) is 5.05. The van der Waals surface area contributed by atoms with Crippen molar-refractivity contribution in [2.75, 3.05) is 26.2 Å². The number of piperazine rings is 1. The summed E-state index contributed by atoms with van der Waals surface area (Å²) in [5.41, 5.74) is 3.56. The molecule has 3 heterocycles. The highest BCUT2D eigenvalue weighted by Crippen LogP contribution is 2.19. The van der Waals surface area contributed by atoms with Gasteiger partial charge in [0.15, 0.2) is 0 Å². The van der Waals surface area contributed by atoms with Crippen LogP contribution in [0.2, 0.25) is 5.02 Å². The lowest BCUT2D eigenvalue weighted by Gasteiger charge is -2.34. The second-order valence-corrected chi connectivity index (χ2v) is 7.40. The van der Waals surface area contributed by atoms with Crippen LogP contribution < -0.4 is 0 Å². The first-order valence-corrected chi connectivity index (χ1v) is 9.71. The van der Waals surface area contributed by atoms with Crippen molar-refractivity contribution in [3.05, 3.63) is 76.8 Å². The molecule has 6 nitrogen and oxygen atoms in total. The maximum atomic E-state index is 13.0. The number of rotatable bonds is 4. The predicted molar refractivity (Wildman–Crippen MR) is 109 cm³/mol. The van der Waals surface area contributed by atoms with Gasteiger partial charge in [0.2, 0.25) is 0 Å². The number of pyridine rings is 1. The molecule has 0 N–H and O–H groups in total. The summed E-state index contributed by atoms with van der Waals surface area (Å²) in [6.45, 7) is 5.94. The van der Waals surface area contributed by atoms with E-state index < -0.39 is 0 Å². The molecule has 28 heavy (non-hydrogen) atoms. The van der Waals surface area contributed by atoms with Crippen LogP contribution in [0.15, 0.2) is 55.0 Å². The number of amides is 1. The Balaban J connectivity index is 1.42. The molecule has 0 aliphatic carbocycles.